The van der Waals surface area contributed by atoms with Crippen LogP contribution in [0.1, 0.15) is 48.8 Å². The van der Waals surface area contributed by atoms with E-state index in [1.54, 1.807) is 43.5 Å². The first-order valence-corrected chi connectivity index (χ1v) is 14.2. The van der Waals surface area contributed by atoms with Crippen LogP contribution in [0.3, 0.4) is 0 Å². The number of nitrogens with zero attached hydrogens (tertiary/aromatic N) is 2. The standard InChI is InChI=1S/C31H29BrN4O6/c1-17-7-10-26(23(13-17)36(39)40)42-16-20-14-19(8-11-25(20)41-3)29-28(31(38)35-27-12-9-21(32)15-33-27)18(2)34-22-5-4-6-24(37)30(22)29/h7-15,29,34H,4-6,16H2,1-3H3,(H,33,35,38)/t29-/m0/s1. The van der Waals surface area contributed by atoms with Gasteiger partial charge in [0.2, 0.25) is 0 Å². The molecule has 3 aromatic rings. The molecule has 0 fully saturated rings. The van der Waals surface area contributed by atoms with Crippen molar-refractivity contribution in [3.05, 3.63) is 109 Å². The van der Waals surface area contributed by atoms with Gasteiger partial charge >= 0.3 is 5.69 Å². The third-order valence-corrected chi connectivity index (χ3v) is 7.79. The lowest BCUT2D eigenvalue weighted by Crippen LogP contribution is -2.35. The minimum atomic E-state index is -0.650. The summed E-state index contributed by atoms with van der Waals surface area (Å²) in [6, 6.07) is 13.7. The van der Waals surface area contributed by atoms with Crippen LogP contribution in [0.4, 0.5) is 11.5 Å². The van der Waals surface area contributed by atoms with Crippen LogP contribution in [0, 0.1) is 17.0 Å². The molecule has 0 spiro atoms. The predicted octanol–water partition coefficient (Wildman–Crippen LogP) is 6.25. The fraction of sp³-hybridized carbons (Fsp3) is 0.258. The fourth-order valence-corrected chi connectivity index (χ4v) is 5.62. The maximum atomic E-state index is 13.8. The number of aryl methyl sites for hydroxylation is 1. The fourth-order valence-electron chi connectivity index (χ4n) is 5.39. The van der Waals surface area contributed by atoms with Crippen molar-refractivity contribution in [3.8, 4) is 11.5 Å². The number of hydrogen-bond donors (Lipinski definition) is 2. The Morgan fingerprint density at radius 3 is 2.64 bits per heavy atom. The van der Waals surface area contributed by atoms with E-state index in [-0.39, 0.29) is 29.7 Å². The van der Waals surface area contributed by atoms with Gasteiger partial charge in [-0.1, -0.05) is 12.1 Å². The van der Waals surface area contributed by atoms with Crippen molar-refractivity contribution in [2.45, 2.75) is 45.6 Å². The molecule has 0 unspecified atom stereocenters. The predicted molar refractivity (Wildman–Crippen MR) is 160 cm³/mol. The summed E-state index contributed by atoms with van der Waals surface area (Å²) in [7, 11) is 1.52. The Kier molecular flexibility index (Phi) is 8.39. The molecule has 2 aliphatic rings. The van der Waals surface area contributed by atoms with Gasteiger partial charge < -0.3 is 20.1 Å². The van der Waals surface area contributed by atoms with Crippen molar-refractivity contribution < 1.29 is 24.0 Å². The average Bonchev–Trinajstić information content (AvgIpc) is 2.96. The second-order valence-corrected chi connectivity index (χ2v) is 11.1. The highest BCUT2D eigenvalue weighted by Gasteiger charge is 2.38. The van der Waals surface area contributed by atoms with Crippen LogP contribution in [-0.2, 0) is 16.2 Å². The van der Waals surface area contributed by atoms with E-state index in [0.717, 1.165) is 22.2 Å². The molecule has 2 N–H and O–H groups in total. The van der Waals surface area contributed by atoms with E-state index < -0.39 is 10.8 Å². The molecule has 1 amide bonds. The van der Waals surface area contributed by atoms with Gasteiger partial charge in [-0.05, 0) is 84.1 Å². The van der Waals surface area contributed by atoms with Gasteiger partial charge in [0.25, 0.3) is 5.91 Å². The van der Waals surface area contributed by atoms with Gasteiger partial charge in [-0.3, -0.25) is 19.7 Å². The number of benzene rings is 2. The van der Waals surface area contributed by atoms with Gasteiger partial charge in [0.05, 0.1) is 12.0 Å². The number of Topliss-reactive ketones (excluding diaryl/α,β-unsaturated/α-hetero) is 1. The van der Waals surface area contributed by atoms with Crippen LogP contribution in [0.15, 0.2) is 81.7 Å². The largest absolute Gasteiger partial charge is 0.496 e. The number of amides is 1. The smallest absolute Gasteiger partial charge is 0.311 e. The number of halogens is 1. The van der Waals surface area contributed by atoms with Crippen LogP contribution in [0.25, 0.3) is 0 Å². The Morgan fingerprint density at radius 1 is 1.14 bits per heavy atom. The third kappa shape index (κ3) is 5.91. The molecule has 0 bridgehead atoms. The van der Waals surface area contributed by atoms with Crippen molar-refractivity contribution in [3.63, 3.8) is 0 Å². The molecule has 2 heterocycles. The van der Waals surface area contributed by atoms with Crippen molar-refractivity contribution in [2.75, 3.05) is 12.4 Å². The molecular weight excluding hydrogens is 604 g/mol. The number of nitro benzene ring substituents is 1. The van der Waals surface area contributed by atoms with E-state index in [4.69, 9.17) is 9.47 Å². The molecule has 1 aromatic heterocycles. The summed E-state index contributed by atoms with van der Waals surface area (Å²) in [6.45, 7) is 3.57. The van der Waals surface area contributed by atoms with Crippen LogP contribution in [0.5, 0.6) is 11.5 Å². The second kappa shape index (κ2) is 12.2. The van der Waals surface area contributed by atoms with E-state index in [0.29, 0.717) is 52.4 Å². The summed E-state index contributed by atoms with van der Waals surface area (Å²) in [4.78, 5) is 42.5. The minimum Gasteiger partial charge on any atom is -0.496 e. The highest BCUT2D eigenvalue weighted by Crippen LogP contribution is 2.43. The number of hydrogen-bond acceptors (Lipinski definition) is 8. The number of nitrogens with one attached hydrogen (secondary N) is 2. The van der Waals surface area contributed by atoms with Crippen molar-refractivity contribution in [2.24, 2.45) is 0 Å². The molecule has 5 rings (SSSR count). The Bertz CT molecular complexity index is 1650. The lowest BCUT2D eigenvalue weighted by atomic mass is 9.74. The number of rotatable bonds is 8. The van der Waals surface area contributed by atoms with Crippen LogP contribution in [0.2, 0.25) is 0 Å². The van der Waals surface area contributed by atoms with E-state index in [1.807, 2.05) is 19.1 Å². The number of carbonyl (C=O) groups is 2. The van der Waals surface area contributed by atoms with Gasteiger partial charge in [0.1, 0.15) is 18.2 Å². The zero-order valence-electron chi connectivity index (χ0n) is 23.3. The van der Waals surface area contributed by atoms with Crippen molar-refractivity contribution in [1.29, 1.82) is 0 Å². The molecule has 10 nitrogen and oxygen atoms in total. The number of pyridine rings is 1. The quantitative estimate of drug-likeness (QED) is 0.220. The molecule has 1 aliphatic heterocycles. The van der Waals surface area contributed by atoms with Gasteiger partial charge in [-0.25, -0.2) is 4.98 Å². The van der Waals surface area contributed by atoms with Crippen LogP contribution < -0.4 is 20.1 Å². The van der Waals surface area contributed by atoms with Crippen molar-refractivity contribution in [1.82, 2.24) is 10.3 Å². The maximum Gasteiger partial charge on any atom is 0.311 e. The summed E-state index contributed by atoms with van der Waals surface area (Å²) in [5.41, 5.74) is 4.35. The number of ether oxygens (including phenoxy) is 2. The molecule has 42 heavy (non-hydrogen) atoms. The first-order chi connectivity index (χ1) is 20.2. The Labute approximate surface area is 251 Å². The molecule has 11 heteroatoms. The summed E-state index contributed by atoms with van der Waals surface area (Å²) in [5, 5.41) is 17.8. The monoisotopic (exact) mass is 632 g/mol. The number of anilines is 1. The molecule has 1 aliphatic carbocycles. The molecule has 0 radical (unpaired) electrons. The molecule has 216 valence electrons. The van der Waals surface area contributed by atoms with E-state index in [1.165, 1.54) is 13.2 Å². The minimum absolute atomic E-state index is 0.0165. The Morgan fingerprint density at radius 2 is 1.93 bits per heavy atom. The van der Waals surface area contributed by atoms with Gasteiger partial charge in [-0.15, -0.1) is 0 Å². The first kappa shape index (κ1) is 29.0. The van der Waals surface area contributed by atoms with Gasteiger partial charge in [0, 0.05) is 57.2 Å². The molecule has 1 atom stereocenters. The first-order valence-electron chi connectivity index (χ1n) is 13.4. The summed E-state index contributed by atoms with van der Waals surface area (Å²) in [5.74, 6) is -0.0307. The number of allylic oxidation sites excluding steroid dienone is 3. The van der Waals surface area contributed by atoms with Gasteiger partial charge in [0.15, 0.2) is 11.5 Å². The SMILES string of the molecule is COc1ccc([C@H]2C(C(=O)Nc3ccc(Br)cn3)=C(C)NC3=C2C(=O)CCC3)cc1COc1ccc(C)cc1[N+](=O)[O-]. The lowest BCUT2D eigenvalue weighted by molar-refractivity contribution is -0.386. The average molecular weight is 633 g/mol. The van der Waals surface area contributed by atoms with E-state index in [9.17, 15) is 19.7 Å². The number of nitro groups is 1. The number of aromatic nitrogens is 1. The number of methoxy groups -OCH3 is 1. The van der Waals surface area contributed by atoms with Crippen molar-refractivity contribution >= 4 is 39.1 Å². The zero-order chi connectivity index (χ0) is 30.0. The normalized spacial score (nSPS) is 16.5. The third-order valence-electron chi connectivity index (χ3n) is 7.32. The number of dihydropyridines is 1. The van der Waals surface area contributed by atoms with Crippen LogP contribution >= 0.6 is 15.9 Å². The summed E-state index contributed by atoms with van der Waals surface area (Å²) in [6.07, 6.45) is 3.41. The molecular formula is C31H29BrN4O6. The summed E-state index contributed by atoms with van der Waals surface area (Å²) < 4.78 is 12.3. The number of carbonyl (C=O) groups excluding carboxylic acids is 2. The van der Waals surface area contributed by atoms with Crippen LogP contribution in [-0.4, -0.2) is 28.7 Å². The summed E-state index contributed by atoms with van der Waals surface area (Å²) >= 11 is 3.35. The number of ketones is 1. The van der Waals surface area contributed by atoms with E-state index >= 15 is 0 Å². The maximum absolute atomic E-state index is 13.8. The second-order valence-electron chi connectivity index (χ2n) is 10.2. The van der Waals surface area contributed by atoms with Gasteiger partial charge in [-0.2, -0.15) is 0 Å². The topological polar surface area (TPSA) is 133 Å². The lowest BCUT2D eigenvalue weighted by Gasteiger charge is -2.34. The Balaban J connectivity index is 1.54. The Hall–Kier alpha value is -4.51. The molecule has 0 saturated heterocycles. The van der Waals surface area contributed by atoms with E-state index in [2.05, 4.69) is 31.5 Å². The molecule has 0 saturated carbocycles. The molecule has 2 aromatic carbocycles. The highest BCUT2D eigenvalue weighted by atomic mass is 79.9. The zero-order valence-corrected chi connectivity index (χ0v) is 24.9. The highest BCUT2D eigenvalue weighted by molar-refractivity contribution is 9.10.